The molecule has 1 aliphatic heterocycles. The van der Waals surface area contributed by atoms with Crippen molar-refractivity contribution in [2.75, 3.05) is 0 Å². The second kappa shape index (κ2) is 3.38. The van der Waals surface area contributed by atoms with Gasteiger partial charge in [-0.1, -0.05) is 0 Å². The van der Waals surface area contributed by atoms with Crippen molar-refractivity contribution in [2.45, 2.75) is 31.9 Å². The summed E-state index contributed by atoms with van der Waals surface area (Å²) in [7, 11) is 0. The zero-order valence-electron chi connectivity index (χ0n) is 8.38. The lowest BCUT2D eigenvalue weighted by Crippen LogP contribution is -2.37. The first-order valence-corrected chi connectivity index (χ1v) is 5.80. The summed E-state index contributed by atoms with van der Waals surface area (Å²) >= 11 is 2.29. The molecule has 0 fully saturated rings. The second-order valence-corrected chi connectivity index (χ2v) is 5.60. The van der Waals surface area contributed by atoms with Gasteiger partial charge in [-0.25, -0.2) is 0 Å². The van der Waals surface area contributed by atoms with Gasteiger partial charge in [0.25, 0.3) is 0 Å². The molecular formula is C11H14INO. The molecule has 3 heteroatoms. The van der Waals surface area contributed by atoms with Crippen molar-refractivity contribution >= 4 is 22.6 Å². The van der Waals surface area contributed by atoms with E-state index in [1.807, 2.05) is 12.1 Å². The number of halogens is 1. The number of nitrogens with two attached hydrogens (primary N) is 1. The highest BCUT2D eigenvalue weighted by Gasteiger charge is 2.31. The van der Waals surface area contributed by atoms with E-state index in [-0.39, 0.29) is 11.6 Å². The fourth-order valence-corrected chi connectivity index (χ4v) is 2.40. The Morgan fingerprint density at radius 2 is 2.21 bits per heavy atom. The lowest BCUT2D eigenvalue weighted by molar-refractivity contribution is 0.0728. The fraction of sp³-hybridized carbons (Fsp3) is 0.455. The van der Waals surface area contributed by atoms with Gasteiger partial charge >= 0.3 is 0 Å². The van der Waals surface area contributed by atoms with Crippen molar-refractivity contribution in [1.29, 1.82) is 0 Å². The summed E-state index contributed by atoms with van der Waals surface area (Å²) in [5.41, 5.74) is 7.10. The van der Waals surface area contributed by atoms with Crippen LogP contribution in [0.25, 0.3) is 0 Å². The average molecular weight is 303 g/mol. The normalized spacial score (nSPS) is 23.9. The number of hydrogen-bond donors (Lipinski definition) is 1. The van der Waals surface area contributed by atoms with Crippen LogP contribution in [-0.2, 0) is 0 Å². The van der Waals surface area contributed by atoms with E-state index in [0.29, 0.717) is 0 Å². The molecule has 1 aliphatic rings. The maximum absolute atomic E-state index is 6.11. The molecule has 1 atom stereocenters. The summed E-state index contributed by atoms with van der Waals surface area (Å²) in [5.74, 6) is 0.939. The molecule has 1 aromatic rings. The van der Waals surface area contributed by atoms with Crippen LogP contribution in [-0.4, -0.2) is 5.60 Å². The van der Waals surface area contributed by atoms with Gasteiger partial charge in [0.15, 0.2) is 0 Å². The Morgan fingerprint density at radius 3 is 2.93 bits per heavy atom. The Balaban J connectivity index is 2.45. The quantitative estimate of drug-likeness (QED) is 0.748. The molecule has 14 heavy (non-hydrogen) atoms. The van der Waals surface area contributed by atoms with E-state index in [0.717, 1.165) is 17.7 Å². The lowest BCUT2D eigenvalue weighted by atomic mass is 9.90. The highest BCUT2D eigenvalue weighted by Crippen LogP contribution is 2.38. The summed E-state index contributed by atoms with van der Waals surface area (Å²) in [6.45, 7) is 4.15. The van der Waals surface area contributed by atoms with Crippen molar-refractivity contribution in [1.82, 2.24) is 0 Å². The van der Waals surface area contributed by atoms with E-state index in [1.165, 1.54) is 3.57 Å². The van der Waals surface area contributed by atoms with E-state index in [1.54, 1.807) is 0 Å². The van der Waals surface area contributed by atoms with Gasteiger partial charge in [0, 0.05) is 21.6 Å². The van der Waals surface area contributed by atoms with Crippen molar-refractivity contribution < 1.29 is 4.74 Å². The monoisotopic (exact) mass is 303 g/mol. The van der Waals surface area contributed by atoms with Gasteiger partial charge in [0.2, 0.25) is 0 Å². The summed E-state index contributed by atoms with van der Waals surface area (Å²) < 4.78 is 7.07. The SMILES string of the molecule is CC1(C)CC(N)c2cc(I)ccc2O1. The van der Waals surface area contributed by atoms with Gasteiger partial charge in [-0.3, -0.25) is 0 Å². The van der Waals surface area contributed by atoms with Crippen LogP contribution in [0.5, 0.6) is 5.75 Å². The zero-order chi connectivity index (χ0) is 10.3. The molecule has 2 N–H and O–H groups in total. The molecule has 0 spiro atoms. The molecule has 1 unspecified atom stereocenters. The minimum Gasteiger partial charge on any atom is -0.487 e. The standard InChI is InChI=1S/C11H14INO/c1-11(2)6-9(13)8-5-7(12)3-4-10(8)14-11/h3-5,9H,6,13H2,1-2H3. The maximum Gasteiger partial charge on any atom is 0.124 e. The highest BCUT2D eigenvalue weighted by atomic mass is 127. The number of ether oxygens (including phenoxy) is 1. The molecular weight excluding hydrogens is 289 g/mol. The van der Waals surface area contributed by atoms with Crippen molar-refractivity contribution in [3.05, 3.63) is 27.3 Å². The molecule has 0 aliphatic carbocycles. The molecule has 2 rings (SSSR count). The third kappa shape index (κ3) is 1.88. The molecule has 1 aromatic carbocycles. The van der Waals surface area contributed by atoms with Gasteiger partial charge in [-0.05, 0) is 54.6 Å². The van der Waals surface area contributed by atoms with E-state index < -0.39 is 0 Å². The average Bonchev–Trinajstić information content (AvgIpc) is 2.05. The first-order valence-electron chi connectivity index (χ1n) is 4.72. The number of hydrogen-bond acceptors (Lipinski definition) is 2. The Kier molecular flexibility index (Phi) is 2.47. The largest absolute Gasteiger partial charge is 0.487 e. The van der Waals surface area contributed by atoms with Gasteiger partial charge in [-0.2, -0.15) is 0 Å². The first kappa shape index (κ1) is 10.2. The van der Waals surface area contributed by atoms with Crippen LogP contribution in [0.2, 0.25) is 0 Å². The third-order valence-electron chi connectivity index (χ3n) is 2.47. The Bertz CT molecular complexity index is 362. The van der Waals surface area contributed by atoms with Gasteiger partial charge in [-0.15, -0.1) is 0 Å². The van der Waals surface area contributed by atoms with E-state index in [2.05, 4.69) is 42.5 Å². The van der Waals surface area contributed by atoms with Crippen LogP contribution >= 0.6 is 22.6 Å². The topological polar surface area (TPSA) is 35.2 Å². The fourth-order valence-electron chi connectivity index (χ4n) is 1.88. The predicted molar refractivity (Wildman–Crippen MR) is 65.4 cm³/mol. The molecule has 76 valence electrons. The van der Waals surface area contributed by atoms with Crippen LogP contribution in [0.1, 0.15) is 31.9 Å². The first-order chi connectivity index (χ1) is 6.48. The van der Waals surface area contributed by atoms with Crippen molar-refractivity contribution in [3.63, 3.8) is 0 Å². The van der Waals surface area contributed by atoms with E-state index in [4.69, 9.17) is 10.5 Å². The van der Waals surface area contributed by atoms with Crippen LogP contribution in [0.3, 0.4) is 0 Å². The Hall–Kier alpha value is -0.290. The number of benzene rings is 1. The van der Waals surface area contributed by atoms with Crippen molar-refractivity contribution in [3.8, 4) is 5.75 Å². The van der Waals surface area contributed by atoms with Crippen LogP contribution < -0.4 is 10.5 Å². The summed E-state index contributed by atoms with van der Waals surface area (Å²) in [4.78, 5) is 0. The van der Waals surface area contributed by atoms with Gasteiger partial charge in [0.1, 0.15) is 11.4 Å². The smallest absolute Gasteiger partial charge is 0.124 e. The van der Waals surface area contributed by atoms with E-state index >= 15 is 0 Å². The zero-order valence-corrected chi connectivity index (χ0v) is 10.5. The lowest BCUT2D eigenvalue weighted by Gasteiger charge is -2.36. The molecule has 0 radical (unpaired) electrons. The molecule has 0 aromatic heterocycles. The number of fused-ring (bicyclic) bond motifs is 1. The molecule has 2 nitrogen and oxygen atoms in total. The van der Waals surface area contributed by atoms with Crippen LogP contribution in [0.4, 0.5) is 0 Å². The number of rotatable bonds is 0. The third-order valence-corrected chi connectivity index (χ3v) is 3.14. The summed E-state index contributed by atoms with van der Waals surface area (Å²) in [6.07, 6.45) is 0.875. The summed E-state index contributed by atoms with van der Waals surface area (Å²) in [6, 6.07) is 6.27. The highest BCUT2D eigenvalue weighted by molar-refractivity contribution is 14.1. The van der Waals surface area contributed by atoms with Crippen LogP contribution in [0.15, 0.2) is 18.2 Å². The predicted octanol–water partition coefficient (Wildman–Crippen LogP) is 2.85. The molecule has 0 bridgehead atoms. The maximum atomic E-state index is 6.11. The van der Waals surface area contributed by atoms with Gasteiger partial charge < -0.3 is 10.5 Å². The van der Waals surface area contributed by atoms with Crippen molar-refractivity contribution in [2.24, 2.45) is 5.73 Å². The molecule has 0 amide bonds. The minimum atomic E-state index is -0.140. The Morgan fingerprint density at radius 1 is 1.50 bits per heavy atom. The molecule has 1 heterocycles. The van der Waals surface area contributed by atoms with E-state index in [9.17, 15) is 0 Å². The summed E-state index contributed by atoms with van der Waals surface area (Å²) in [5, 5.41) is 0. The second-order valence-electron chi connectivity index (χ2n) is 4.35. The molecule has 0 saturated carbocycles. The minimum absolute atomic E-state index is 0.100. The van der Waals surface area contributed by atoms with Gasteiger partial charge in [0.05, 0.1) is 0 Å². The molecule has 0 saturated heterocycles. The van der Waals surface area contributed by atoms with Crippen LogP contribution in [0, 0.1) is 3.57 Å². The Labute approximate surface area is 98.0 Å².